The number of hydrogen-bond acceptors (Lipinski definition) is 4. The van der Waals surface area contributed by atoms with Gasteiger partial charge < -0.3 is 20.4 Å². The number of carbonyl (C=O) groups is 2. The number of rotatable bonds is 36. The molecular weight excluding hydrogens is 568 g/mol. The van der Waals surface area contributed by atoms with Crippen molar-refractivity contribution in [1.29, 1.82) is 0 Å². The summed E-state index contributed by atoms with van der Waals surface area (Å²) in [4.78, 5) is 30.0. The van der Waals surface area contributed by atoms with Crippen molar-refractivity contribution in [2.45, 2.75) is 182 Å². The first-order chi connectivity index (χ1) is 22.6. The second-order valence-corrected chi connectivity index (χ2v) is 13.7. The Morgan fingerprint density at radius 3 is 0.870 bits per heavy atom. The van der Waals surface area contributed by atoms with Crippen LogP contribution in [0.2, 0.25) is 0 Å². The summed E-state index contributed by atoms with van der Waals surface area (Å²) in [6.45, 7) is 16.5. The molecule has 0 saturated carbocycles. The number of carbonyl (C=O) groups excluding carboxylic acids is 2. The van der Waals surface area contributed by atoms with Gasteiger partial charge in [0.05, 0.1) is 0 Å². The van der Waals surface area contributed by atoms with Gasteiger partial charge in [0.1, 0.15) is 0 Å². The van der Waals surface area contributed by atoms with Gasteiger partial charge in [-0.2, -0.15) is 0 Å². The van der Waals surface area contributed by atoms with E-state index in [0.717, 1.165) is 39.3 Å². The van der Waals surface area contributed by atoms with Gasteiger partial charge in [-0.25, -0.2) is 0 Å². The van der Waals surface area contributed by atoms with Crippen LogP contribution in [0.1, 0.15) is 182 Å². The first-order valence-electron chi connectivity index (χ1n) is 20.3. The minimum absolute atomic E-state index is 0.179. The SMILES string of the molecule is CCCCCCCCN(CCCCCCCC)CCNC(=O)/C=C/C(=O)NCCN(CCCCCCCC)CCCCCCCC. The molecule has 0 radical (unpaired) electrons. The van der Waals surface area contributed by atoms with E-state index in [1.165, 1.54) is 166 Å². The van der Waals surface area contributed by atoms with Gasteiger partial charge in [0.15, 0.2) is 0 Å². The van der Waals surface area contributed by atoms with Crippen LogP contribution in [0.5, 0.6) is 0 Å². The lowest BCUT2D eigenvalue weighted by molar-refractivity contribution is -0.118. The monoisotopic (exact) mass is 649 g/mol. The van der Waals surface area contributed by atoms with Crippen molar-refractivity contribution < 1.29 is 9.59 Å². The second-order valence-electron chi connectivity index (χ2n) is 13.7. The highest BCUT2D eigenvalue weighted by Crippen LogP contribution is 2.10. The van der Waals surface area contributed by atoms with Crippen LogP contribution in [0, 0.1) is 0 Å². The van der Waals surface area contributed by atoms with Gasteiger partial charge in [-0.15, -0.1) is 0 Å². The Kier molecular flexibility index (Phi) is 35.3. The highest BCUT2D eigenvalue weighted by molar-refractivity contribution is 5.96. The Balaban J connectivity index is 4.44. The molecule has 0 aromatic rings. The van der Waals surface area contributed by atoms with Gasteiger partial charge in [0.2, 0.25) is 11.8 Å². The fraction of sp³-hybridized carbons (Fsp3) is 0.900. The lowest BCUT2D eigenvalue weighted by Crippen LogP contribution is -2.36. The molecule has 0 rings (SSSR count). The lowest BCUT2D eigenvalue weighted by atomic mass is 10.1. The highest BCUT2D eigenvalue weighted by Gasteiger charge is 2.08. The van der Waals surface area contributed by atoms with Gasteiger partial charge in [-0.3, -0.25) is 9.59 Å². The molecule has 0 aromatic carbocycles. The largest absolute Gasteiger partial charge is 0.351 e. The summed E-state index contributed by atoms with van der Waals surface area (Å²) in [6.07, 6.45) is 34.2. The molecule has 0 bridgehead atoms. The first-order valence-corrected chi connectivity index (χ1v) is 20.3. The van der Waals surface area contributed by atoms with Crippen LogP contribution in [0.25, 0.3) is 0 Å². The molecule has 0 saturated heterocycles. The number of unbranched alkanes of at least 4 members (excludes halogenated alkanes) is 20. The summed E-state index contributed by atoms with van der Waals surface area (Å²) in [5.41, 5.74) is 0. The Morgan fingerprint density at radius 2 is 0.609 bits per heavy atom. The average Bonchev–Trinajstić information content (AvgIpc) is 3.05. The van der Waals surface area contributed by atoms with Gasteiger partial charge in [0.25, 0.3) is 0 Å². The number of nitrogens with zero attached hydrogens (tertiary/aromatic N) is 2. The van der Waals surface area contributed by atoms with Crippen LogP contribution in [-0.4, -0.2) is 74.0 Å². The van der Waals surface area contributed by atoms with Crippen molar-refractivity contribution in [2.75, 3.05) is 52.4 Å². The van der Waals surface area contributed by atoms with E-state index in [2.05, 4.69) is 48.1 Å². The van der Waals surface area contributed by atoms with Gasteiger partial charge in [-0.1, -0.05) is 156 Å². The zero-order valence-corrected chi connectivity index (χ0v) is 31.5. The minimum Gasteiger partial charge on any atom is -0.351 e. The van der Waals surface area contributed by atoms with Crippen LogP contribution in [0.3, 0.4) is 0 Å². The van der Waals surface area contributed by atoms with E-state index in [4.69, 9.17) is 0 Å². The van der Waals surface area contributed by atoms with E-state index < -0.39 is 0 Å². The van der Waals surface area contributed by atoms with Gasteiger partial charge in [0, 0.05) is 38.3 Å². The molecule has 2 N–H and O–H groups in total. The fourth-order valence-corrected chi connectivity index (χ4v) is 6.08. The molecule has 0 heterocycles. The third-order valence-electron chi connectivity index (χ3n) is 9.15. The summed E-state index contributed by atoms with van der Waals surface area (Å²) < 4.78 is 0. The van der Waals surface area contributed by atoms with Crippen molar-refractivity contribution in [3.8, 4) is 0 Å². The summed E-state index contributed by atoms with van der Waals surface area (Å²) in [5, 5.41) is 6.01. The molecule has 0 aliphatic heterocycles. The number of hydrogen-bond donors (Lipinski definition) is 2. The van der Waals surface area contributed by atoms with Crippen LogP contribution in [0.4, 0.5) is 0 Å². The molecule has 2 amide bonds. The van der Waals surface area contributed by atoms with Crippen molar-refractivity contribution >= 4 is 11.8 Å². The van der Waals surface area contributed by atoms with Gasteiger partial charge in [-0.05, 0) is 51.9 Å². The molecule has 0 aliphatic carbocycles. The molecule has 272 valence electrons. The highest BCUT2D eigenvalue weighted by atomic mass is 16.2. The predicted octanol–water partition coefficient (Wildman–Crippen LogP) is 9.82. The normalized spacial score (nSPS) is 11.7. The quantitative estimate of drug-likeness (QED) is 0.0524. The van der Waals surface area contributed by atoms with Crippen molar-refractivity contribution in [2.24, 2.45) is 0 Å². The van der Waals surface area contributed by atoms with E-state index >= 15 is 0 Å². The molecule has 0 aliphatic rings. The lowest BCUT2D eigenvalue weighted by Gasteiger charge is -2.22. The zero-order chi connectivity index (χ0) is 33.8. The van der Waals surface area contributed by atoms with Crippen molar-refractivity contribution in [1.82, 2.24) is 20.4 Å². The molecule has 6 nitrogen and oxygen atoms in total. The Hall–Kier alpha value is -1.40. The standard InChI is InChI=1S/C40H80N4O2/c1-5-9-13-17-21-25-33-43(34-26-22-18-14-10-6-2)37-31-41-39(45)29-30-40(46)42-32-38-44(35-27-23-19-15-11-7-3)36-28-24-20-16-12-8-4/h29-30H,5-28,31-38H2,1-4H3,(H,41,45)(H,42,46)/b30-29+. The number of nitrogens with one attached hydrogen (secondary N) is 2. The second kappa shape index (κ2) is 36.4. The summed E-state index contributed by atoms with van der Waals surface area (Å²) in [5.74, 6) is -0.357. The molecule has 0 aromatic heterocycles. The molecule has 0 atom stereocenters. The smallest absolute Gasteiger partial charge is 0.244 e. The average molecular weight is 649 g/mol. The maximum atomic E-state index is 12.5. The maximum Gasteiger partial charge on any atom is 0.244 e. The van der Waals surface area contributed by atoms with Crippen molar-refractivity contribution in [3.05, 3.63) is 12.2 Å². The Morgan fingerprint density at radius 1 is 0.370 bits per heavy atom. The maximum absolute atomic E-state index is 12.5. The summed E-state index contributed by atoms with van der Waals surface area (Å²) in [6, 6.07) is 0. The molecule has 0 unspecified atom stereocenters. The topological polar surface area (TPSA) is 64.7 Å². The van der Waals surface area contributed by atoms with Crippen LogP contribution >= 0.6 is 0 Å². The molecule has 0 spiro atoms. The van der Waals surface area contributed by atoms with E-state index in [-0.39, 0.29) is 11.8 Å². The predicted molar refractivity (Wildman–Crippen MR) is 202 cm³/mol. The Labute approximate surface area is 287 Å². The van der Waals surface area contributed by atoms with Crippen LogP contribution < -0.4 is 10.6 Å². The van der Waals surface area contributed by atoms with Crippen molar-refractivity contribution in [3.63, 3.8) is 0 Å². The summed E-state index contributed by atoms with van der Waals surface area (Å²) in [7, 11) is 0. The summed E-state index contributed by atoms with van der Waals surface area (Å²) >= 11 is 0. The number of amides is 2. The van der Waals surface area contributed by atoms with Crippen LogP contribution in [-0.2, 0) is 9.59 Å². The third-order valence-corrected chi connectivity index (χ3v) is 9.15. The minimum atomic E-state index is -0.179. The third kappa shape index (κ3) is 32.5. The molecular formula is C40H80N4O2. The first kappa shape index (κ1) is 44.6. The van der Waals surface area contributed by atoms with Gasteiger partial charge >= 0.3 is 0 Å². The van der Waals surface area contributed by atoms with E-state index in [1.54, 1.807) is 0 Å². The Bertz CT molecular complexity index is 596. The molecule has 6 heteroatoms. The fourth-order valence-electron chi connectivity index (χ4n) is 6.08. The van der Waals surface area contributed by atoms with E-state index in [9.17, 15) is 9.59 Å². The van der Waals surface area contributed by atoms with E-state index in [0.29, 0.717) is 13.1 Å². The zero-order valence-electron chi connectivity index (χ0n) is 31.5. The van der Waals surface area contributed by atoms with E-state index in [1.807, 2.05) is 0 Å². The molecule has 0 fully saturated rings. The van der Waals surface area contributed by atoms with Crippen LogP contribution in [0.15, 0.2) is 12.2 Å². The molecule has 46 heavy (non-hydrogen) atoms.